The molecule has 17 aromatic carbocycles. The molecule has 0 aliphatic heterocycles. The zero-order valence-electron chi connectivity index (χ0n) is 59.0. The lowest BCUT2D eigenvalue weighted by molar-refractivity contribution is 0.666. The van der Waals surface area contributed by atoms with Crippen LogP contribution in [-0.4, -0.2) is 13.7 Å². The highest BCUT2D eigenvalue weighted by Crippen LogP contribution is 2.43. The Kier molecular flexibility index (Phi) is 17.8. The summed E-state index contributed by atoms with van der Waals surface area (Å²) in [5, 5.41) is 9.80. The molecule has 0 N–H and O–H groups in total. The van der Waals surface area contributed by atoms with Crippen LogP contribution in [0.3, 0.4) is 0 Å². The Morgan fingerprint density at radius 3 is 1.03 bits per heavy atom. The summed E-state index contributed by atoms with van der Waals surface area (Å²) in [6.45, 7) is 0. The highest BCUT2D eigenvalue weighted by atomic mass is 79.9. The van der Waals surface area contributed by atoms with Crippen molar-refractivity contribution in [3.05, 3.63) is 414 Å². The van der Waals surface area contributed by atoms with Crippen LogP contribution >= 0.6 is 47.8 Å². The molecule has 516 valence electrons. The molecule has 4 heterocycles. The minimum Gasteiger partial charge on any atom is -0.454 e. The number of furan rings is 1. The van der Waals surface area contributed by atoms with Crippen LogP contribution in [0, 0.1) is 0 Å². The topological polar surface area (TPSA) is 27.9 Å². The van der Waals surface area contributed by atoms with Gasteiger partial charge in [-0.15, -0.1) is 0 Å². The lowest BCUT2D eigenvalue weighted by Gasteiger charge is -2.10. The Morgan fingerprint density at radius 2 is 0.523 bits per heavy atom. The van der Waals surface area contributed by atoms with Gasteiger partial charge in [-0.25, -0.2) is 0 Å². The summed E-state index contributed by atoms with van der Waals surface area (Å²) in [6, 6.07) is 143. The van der Waals surface area contributed by atoms with E-state index in [1.165, 1.54) is 149 Å². The van der Waals surface area contributed by atoms with Crippen molar-refractivity contribution in [1.29, 1.82) is 0 Å². The molecule has 0 aliphatic rings. The summed E-state index contributed by atoms with van der Waals surface area (Å²) in [5.74, 6) is 0. The van der Waals surface area contributed by atoms with E-state index < -0.39 is 0 Å². The van der Waals surface area contributed by atoms with Gasteiger partial charge in [0.05, 0.1) is 38.8 Å². The normalized spacial score (nSPS) is 11.4. The van der Waals surface area contributed by atoms with E-state index in [-0.39, 0.29) is 0 Å². The number of benzene rings is 17. The van der Waals surface area contributed by atoms with E-state index in [1.54, 1.807) is 0 Å². The van der Waals surface area contributed by atoms with Gasteiger partial charge in [-0.05, 0) is 211 Å². The molecular weight excluding hydrogens is 1520 g/mol. The van der Waals surface area contributed by atoms with E-state index in [9.17, 15) is 0 Å². The molecule has 0 radical (unpaired) electrons. The molecule has 21 aromatic rings. The molecule has 0 fully saturated rings. The molecule has 0 aliphatic carbocycles. The van der Waals surface area contributed by atoms with Gasteiger partial charge in [0.2, 0.25) is 0 Å². The molecule has 21 rings (SSSR count). The Morgan fingerprint density at radius 1 is 0.193 bits per heavy atom. The molecule has 0 saturated heterocycles. The van der Waals surface area contributed by atoms with E-state index in [1.807, 2.05) is 18.2 Å². The van der Waals surface area contributed by atoms with Crippen molar-refractivity contribution in [1.82, 2.24) is 13.7 Å². The molecule has 7 heteroatoms. The zero-order chi connectivity index (χ0) is 72.9. The van der Waals surface area contributed by atoms with Gasteiger partial charge >= 0.3 is 0 Å². The van der Waals surface area contributed by atoms with Gasteiger partial charge in [-0.2, -0.15) is 0 Å². The second-order valence-electron chi connectivity index (χ2n) is 27.5. The van der Waals surface area contributed by atoms with Crippen molar-refractivity contribution >= 4 is 135 Å². The van der Waals surface area contributed by atoms with Crippen molar-refractivity contribution in [2.24, 2.45) is 0 Å². The fourth-order valence-corrected chi connectivity index (χ4v) is 17.3. The first-order chi connectivity index (χ1) is 53.8. The van der Waals surface area contributed by atoms with E-state index in [0.717, 1.165) is 46.6 Å². The number of fused-ring (bicyclic) bond motifs is 12. The SMILES string of the molecule is Brc1cccc(-c2cccc(-c3ccc4c(c3)c3ccccc3n4-c3cccc4c3oc3ccccc34)c2)c1.Brc1ccccc1-c1cccc(-c2ccc3c(c2)c2ccccc2n3-c2ccc(-c3ccccc3)cc2)c1.Brc1ccccc1-c1cccc(-c2ccc3c(c2)c2ccccc2n3-c2ccccc2)c1. The fourth-order valence-electron chi connectivity index (χ4n) is 15.9. The Bertz CT molecular complexity index is 7020. The third-order valence-electron chi connectivity index (χ3n) is 21.0. The van der Waals surface area contributed by atoms with Crippen LogP contribution in [-0.2, 0) is 0 Å². The monoisotopic (exact) mass is 1590 g/mol. The van der Waals surface area contributed by atoms with E-state index in [0.29, 0.717) is 0 Å². The fraction of sp³-hybridized carbons (Fsp3) is 0. The maximum atomic E-state index is 6.44. The summed E-state index contributed by atoms with van der Waals surface area (Å²) >= 11 is 11.0. The first-order valence-corrected chi connectivity index (χ1v) is 39.0. The number of rotatable bonds is 10. The molecule has 0 bridgehead atoms. The summed E-state index contributed by atoms with van der Waals surface area (Å²) in [6.07, 6.45) is 0. The van der Waals surface area contributed by atoms with Gasteiger partial charge in [-0.1, -0.05) is 315 Å². The van der Waals surface area contributed by atoms with Crippen LogP contribution in [0.25, 0.3) is 182 Å². The van der Waals surface area contributed by atoms with Crippen molar-refractivity contribution in [3.8, 4) is 95.0 Å². The highest BCUT2D eigenvalue weighted by Gasteiger charge is 2.21. The highest BCUT2D eigenvalue weighted by molar-refractivity contribution is 9.11. The maximum absolute atomic E-state index is 6.44. The second kappa shape index (κ2) is 28.9. The largest absolute Gasteiger partial charge is 0.454 e. The predicted octanol–water partition coefficient (Wildman–Crippen LogP) is 30.2. The van der Waals surface area contributed by atoms with Gasteiger partial charge in [0.25, 0.3) is 0 Å². The first-order valence-electron chi connectivity index (χ1n) is 36.6. The van der Waals surface area contributed by atoms with Crippen LogP contribution in [0.15, 0.2) is 418 Å². The second-order valence-corrected chi connectivity index (χ2v) is 30.1. The third kappa shape index (κ3) is 12.7. The molecule has 4 nitrogen and oxygen atoms in total. The number of aromatic nitrogens is 3. The Hall–Kier alpha value is -12.6. The molecule has 4 aromatic heterocycles. The molecule has 0 saturated carbocycles. The predicted molar refractivity (Wildman–Crippen MR) is 471 cm³/mol. The van der Waals surface area contributed by atoms with Crippen molar-refractivity contribution in [2.75, 3.05) is 0 Å². The summed E-state index contributed by atoms with van der Waals surface area (Å²) in [5.41, 5.74) is 29.4. The van der Waals surface area contributed by atoms with Crippen molar-refractivity contribution < 1.29 is 4.42 Å². The van der Waals surface area contributed by atoms with Crippen LogP contribution < -0.4 is 0 Å². The van der Waals surface area contributed by atoms with E-state index in [4.69, 9.17) is 4.42 Å². The lowest BCUT2D eigenvalue weighted by Crippen LogP contribution is -1.94. The molecule has 0 unspecified atom stereocenters. The first kappa shape index (κ1) is 67.0. The van der Waals surface area contributed by atoms with Gasteiger partial charge in [0.15, 0.2) is 5.58 Å². The minimum absolute atomic E-state index is 0.909. The van der Waals surface area contributed by atoms with E-state index in [2.05, 4.69) is 444 Å². The van der Waals surface area contributed by atoms with Crippen LogP contribution in [0.5, 0.6) is 0 Å². The van der Waals surface area contributed by atoms with Gasteiger partial charge < -0.3 is 18.1 Å². The summed E-state index contributed by atoms with van der Waals surface area (Å²) < 4.78 is 16.8. The number of para-hydroxylation sites is 6. The maximum Gasteiger partial charge on any atom is 0.159 e. The smallest absolute Gasteiger partial charge is 0.159 e. The Labute approximate surface area is 656 Å². The van der Waals surface area contributed by atoms with Crippen LogP contribution in [0.1, 0.15) is 0 Å². The Balaban J connectivity index is 0.000000112. The number of halogens is 3. The number of nitrogens with zero attached hydrogens (tertiary/aromatic N) is 3. The standard InChI is InChI=1S/C36H22BrNO.C36H24BrN.C30H20BrN/c37-27-11-6-10-25(21-27)23-8-5-9-24(20-23)26-18-19-33-31(22-26)28-12-1-3-15-32(28)38(33)34-16-7-14-30-29-13-2-4-17-35(29)39-36(30)34;37-34-15-6-4-13-31(34)29-12-8-11-27(23-29)28-19-22-36-33(24-28)32-14-5-7-16-35(32)38(36)30-20-17-26(18-21-30)25-9-2-1-3-10-25;31-28-15-6-4-13-25(28)23-10-8-9-21(19-23)22-17-18-30-27(20-22)26-14-5-7-16-29(26)32(30)24-11-2-1-3-12-24/h1-22H;1-24H;1-20H. The third-order valence-corrected chi connectivity index (χ3v) is 22.9. The zero-order valence-corrected chi connectivity index (χ0v) is 63.7. The molecule has 109 heavy (non-hydrogen) atoms. The molecule has 0 amide bonds. The van der Waals surface area contributed by atoms with E-state index >= 15 is 0 Å². The molecule has 0 spiro atoms. The number of hydrogen-bond acceptors (Lipinski definition) is 1. The summed E-state index contributed by atoms with van der Waals surface area (Å²) in [7, 11) is 0. The van der Waals surface area contributed by atoms with Gasteiger partial charge in [0, 0.05) is 67.9 Å². The lowest BCUT2D eigenvalue weighted by atomic mass is 9.98. The molecule has 0 atom stereocenters. The molecular formula is C102H66Br3N3O. The van der Waals surface area contributed by atoms with Crippen LogP contribution in [0.4, 0.5) is 0 Å². The average Bonchev–Trinajstić information content (AvgIpc) is 1.57. The van der Waals surface area contributed by atoms with Gasteiger partial charge in [0.1, 0.15) is 5.58 Å². The number of hydrogen-bond donors (Lipinski definition) is 0. The van der Waals surface area contributed by atoms with Gasteiger partial charge in [-0.3, -0.25) is 0 Å². The van der Waals surface area contributed by atoms with Crippen molar-refractivity contribution in [3.63, 3.8) is 0 Å². The quantitative estimate of drug-likeness (QED) is 0.134. The van der Waals surface area contributed by atoms with Crippen LogP contribution in [0.2, 0.25) is 0 Å². The average molecular weight is 1590 g/mol. The van der Waals surface area contributed by atoms with Crippen molar-refractivity contribution in [2.45, 2.75) is 0 Å². The minimum atomic E-state index is 0.909. The summed E-state index contributed by atoms with van der Waals surface area (Å²) in [4.78, 5) is 0.